The number of hydrogen-bond acceptors (Lipinski definition) is 6. The molecule has 5 heterocycles. The Kier molecular flexibility index (Phi) is 14.0. The van der Waals surface area contributed by atoms with E-state index in [1.54, 1.807) is 7.11 Å². The lowest BCUT2D eigenvalue weighted by Gasteiger charge is -2.00. The highest BCUT2D eigenvalue weighted by Crippen LogP contribution is 2.36. The predicted octanol–water partition coefficient (Wildman–Crippen LogP) is 13.4. The maximum Gasteiger partial charge on any atom is 0.170 e. The molecule has 0 aliphatic heterocycles. The summed E-state index contributed by atoms with van der Waals surface area (Å²) in [7, 11) is 1.61. The van der Waals surface area contributed by atoms with Gasteiger partial charge in [0.1, 0.15) is 5.76 Å². The van der Waals surface area contributed by atoms with Crippen LogP contribution in [0.1, 0.15) is 103 Å². The lowest BCUT2D eigenvalue weighted by molar-refractivity contribution is 0.352. The molecule has 0 fully saturated rings. The van der Waals surface area contributed by atoms with E-state index in [9.17, 15) is 0 Å². The highest BCUT2D eigenvalue weighted by molar-refractivity contribution is 5.65. The van der Waals surface area contributed by atoms with Crippen molar-refractivity contribution >= 4 is 5.76 Å². The fourth-order valence-electron chi connectivity index (χ4n) is 5.07. The first-order valence-electron chi connectivity index (χ1n) is 17.0. The minimum Gasteiger partial charge on any atom is -0.493 e. The van der Waals surface area contributed by atoms with Gasteiger partial charge in [0.25, 0.3) is 0 Å². The highest BCUT2D eigenvalue weighted by Gasteiger charge is 2.17. The molecule has 0 aromatic carbocycles. The van der Waals surface area contributed by atoms with Crippen molar-refractivity contribution in [3.63, 3.8) is 0 Å². The van der Waals surface area contributed by atoms with Crippen molar-refractivity contribution in [1.82, 2.24) is 0 Å². The molecule has 0 amide bonds. The molecule has 6 nitrogen and oxygen atoms in total. The number of furan rings is 5. The van der Waals surface area contributed by atoms with Gasteiger partial charge < -0.3 is 26.8 Å². The largest absolute Gasteiger partial charge is 0.493 e. The Labute approximate surface area is 274 Å². The Balaban J connectivity index is 0.000000533. The van der Waals surface area contributed by atoms with Gasteiger partial charge in [0, 0.05) is 6.42 Å². The molecule has 0 aliphatic carbocycles. The van der Waals surface area contributed by atoms with Gasteiger partial charge >= 0.3 is 0 Å². The van der Waals surface area contributed by atoms with Gasteiger partial charge in [-0.2, -0.15) is 0 Å². The van der Waals surface area contributed by atoms with Crippen LogP contribution in [0.4, 0.5) is 0 Å². The lowest BCUT2D eigenvalue weighted by Crippen LogP contribution is -1.83. The second-order valence-corrected chi connectivity index (χ2v) is 11.4. The first-order chi connectivity index (χ1) is 22.6. The van der Waals surface area contributed by atoms with Gasteiger partial charge in [0.05, 0.1) is 7.11 Å². The van der Waals surface area contributed by atoms with Crippen LogP contribution in [0.15, 0.2) is 101 Å². The van der Waals surface area contributed by atoms with E-state index < -0.39 is 0 Å². The van der Waals surface area contributed by atoms with Crippen LogP contribution >= 0.6 is 0 Å². The van der Waals surface area contributed by atoms with E-state index in [2.05, 4.69) is 20.8 Å². The maximum atomic E-state index is 6.06. The Morgan fingerprint density at radius 3 is 1.39 bits per heavy atom. The molecule has 5 aromatic heterocycles. The van der Waals surface area contributed by atoms with E-state index in [1.165, 1.54) is 57.8 Å². The number of ether oxygens (including phenoxy) is 1. The molecule has 0 unspecified atom stereocenters. The lowest BCUT2D eigenvalue weighted by atomic mass is 10.1. The van der Waals surface area contributed by atoms with Crippen molar-refractivity contribution in [3.05, 3.63) is 90.4 Å². The van der Waals surface area contributed by atoms with Gasteiger partial charge in [-0.1, -0.05) is 90.7 Å². The maximum absolute atomic E-state index is 6.06. The van der Waals surface area contributed by atoms with E-state index in [0.29, 0.717) is 51.8 Å². The van der Waals surface area contributed by atoms with Gasteiger partial charge in [-0.15, -0.1) is 0 Å². The normalized spacial score (nSPS) is 11.7. The zero-order valence-corrected chi connectivity index (χ0v) is 28.2. The van der Waals surface area contributed by atoms with Crippen molar-refractivity contribution in [3.8, 4) is 46.1 Å². The number of aryl methyl sites for hydroxylation is 1. The third kappa shape index (κ3) is 9.84. The molecular weight excluding hydrogens is 576 g/mol. The minimum atomic E-state index is 0.589. The Morgan fingerprint density at radius 1 is 0.522 bits per heavy atom. The summed E-state index contributed by atoms with van der Waals surface area (Å²) in [4.78, 5) is 0. The minimum absolute atomic E-state index is 0.589. The third-order valence-electron chi connectivity index (χ3n) is 7.69. The SMILES string of the molecule is C/C=C/C=C(\OC)c1ccc(-c2ccc(-c3ccc(-c4ccc(-c5ccc(CCCCCC)o5)o4)o3)o2)o1.CCCCCCCC. The smallest absolute Gasteiger partial charge is 0.170 e. The Hall–Kier alpha value is -4.32. The molecule has 0 bridgehead atoms. The van der Waals surface area contributed by atoms with Crippen LogP contribution in [0.5, 0.6) is 0 Å². The van der Waals surface area contributed by atoms with Gasteiger partial charge in [-0.05, 0) is 80.1 Å². The molecule has 0 aliphatic rings. The first-order valence-corrected chi connectivity index (χ1v) is 17.0. The first kappa shape index (κ1) is 34.6. The molecule has 0 N–H and O–H groups in total. The van der Waals surface area contributed by atoms with Crippen molar-refractivity contribution in [2.75, 3.05) is 7.11 Å². The molecule has 5 rings (SSSR count). The van der Waals surface area contributed by atoms with E-state index in [1.807, 2.05) is 85.8 Å². The monoisotopic (exact) mass is 626 g/mol. The van der Waals surface area contributed by atoms with Crippen LogP contribution < -0.4 is 0 Å². The second kappa shape index (κ2) is 18.6. The van der Waals surface area contributed by atoms with E-state index >= 15 is 0 Å². The molecule has 0 spiro atoms. The van der Waals surface area contributed by atoms with Crippen molar-refractivity contribution in [2.45, 2.75) is 98.3 Å². The van der Waals surface area contributed by atoms with Crippen LogP contribution in [-0.4, -0.2) is 7.11 Å². The molecule has 46 heavy (non-hydrogen) atoms. The summed E-state index contributed by atoms with van der Waals surface area (Å²) in [6.45, 7) is 8.67. The highest BCUT2D eigenvalue weighted by atomic mass is 16.5. The summed E-state index contributed by atoms with van der Waals surface area (Å²) in [5.41, 5.74) is 0. The quantitative estimate of drug-likeness (QED) is 0.0581. The average molecular weight is 627 g/mol. The zero-order chi connectivity index (χ0) is 32.6. The summed E-state index contributed by atoms with van der Waals surface area (Å²) in [6.07, 6.45) is 19.9. The van der Waals surface area contributed by atoms with Crippen LogP contribution in [-0.2, 0) is 11.2 Å². The molecule has 0 radical (unpaired) electrons. The van der Waals surface area contributed by atoms with Crippen molar-refractivity contribution in [2.24, 2.45) is 0 Å². The molecule has 0 saturated carbocycles. The van der Waals surface area contributed by atoms with Gasteiger partial charge in [0.15, 0.2) is 57.6 Å². The number of methoxy groups -OCH3 is 1. The van der Waals surface area contributed by atoms with Gasteiger partial charge in [-0.25, -0.2) is 0 Å². The van der Waals surface area contributed by atoms with E-state index in [4.69, 9.17) is 26.8 Å². The topological polar surface area (TPSA) is 74.9 Å². The van der Waals surface area contributed by atoms with E-state index in [-0.39, 0.29) is 0 Å². The standard InChI is InChI=1S/C32H32O6.C8H18/c1-4-6-8-9-10-22-12-13-25(34-22)26-16-17-29(36-26)30-20-21-32(38-30)31-19-18-28(37-31)27-15-14-24(35-27)23(33-3)11-7-5-2;1-3-5-7-8-6-4-2/h5,7,11-21H,4,6,8-10H2,1-3H3;3-8H2,1-2H3/b7-5+,23-11-;. The summed E-state index contributed by atoms with van der Waals surface area (Å²) >= 11 is 0. The summed E-state index contributed by atoms with van der Waals surface area (Å²) < 4.78 is 35.5. The number of rotatable bonds is 17. The van der Waals surface area contributed by atoms with Crippen LogP contribution in [0.2, 0.25) is 0 Å². The second-order valence-electron chi connectivity index (χ2n) is 11.4. The van der Waals surface area contributed by atoms with Gasteiger partial charge in [-0.3, -0.25) is 0 Å². The summed E-state index contributed by atoms with van der Waals surface area (Å²) in [5, 5.41) is 0. The Bertz CT molecular complexity index is 1610. The number of hydrogen-bond donors (Lipinski definition) is 0. The molecule has 0 saturated heterocycles. The third-order valence-corrected chi connectivity index (χ3v) is 7.69. The molecule has 0 atom stereocenters. The van der Waals surface area contributed by atoms with Crippen LogP contribution in [0.25, 0.3) is 51.8 Å². The predicted molar refractivity (Wildman–Crippen MR) is 186 cm³/mol. The van der Waals surface area contributed by atoms with Crippen LogP contribution in [0, 0.1) is 0 Å². The molecule has 246 valence electrons. The Morgan fingerprint density at radius 2 is 0.935 bits per heavy atom. The fourth-order valence-corrected chi connectivity index (χ4v) is 5.07. The van der Waals surface area contributed by atoms with Crippen molar-refractivity contribution in [1.29, 1.82) is 0 Å². The average Bonchev–Trinajstić information content (AvgIpc) is 3.91. The number of allylic oxidation sites excluding steroid dienone is 3. The van der Waals surface area contributed by atoms with Gasteiger partial charge in [0.2, 0.25) is 0 Å². The fraction of sp³-hybridized carbons (Fsp3) is 0.400. The summed E-state index contributed by atoms with van der Waals surface area (Å²) in [5.74, 6) is 7.22. The number of unbranched alkanes of at least 4 members (excludes halogenated alkanes) is 8. The van der Waals surface area contributed by atoms with Crippen LogP contribution in [0.3, 0.4) is 0 Å². The van der Waals surface area contributed by atoms with E-state index in [0.717, 1.165) is 24.4 Å². The molecular formula is C40H50O6. The summed E-state index contributed by atoms with van der Waals surface area (Å²) in [6, 6.07) is 18.9. The van der Waals surface area contributed by atoms with Crippen molar-refractivity contribution < 1.29 is 26.8 Å². The zero-order valence-electron chi connectivity index (χ0n) is 28.2. The molecule has 6 heteroatoms. The molecule has 5 aromatic rings.